The van der Waals surface area contributed by atoms with Gasteiger partial charge in [-0.3, -0.25) is 0 Å². The molecule has 0 atom stereocenters. The first kappa shape index (κ1) is 21.1. The third-order valence-electron chi connectivity index (χ3n) is 5.43. The maximum Gasteiger partial charge on any atom is 0.233 e. The molecular weight excluding hydrogens is 392 g/mol. The van der Waals surface area contributed by atoms with Gasteiger partial charge in [-0.1, -0.05) is 6.07 Å². The second-order valence-corrected chi connectivity index (χ2v) is 9.43. The van der Waals surface area contributed by atoms with Crippen molar-refractivity contribution in [1.29, 1.82) is 0 Å². The van der Waals surface area contributed by atoms with Crippen LogP contribution in [0.1, 0.15) is 40.5 Å². The van der Waals surface area contributed by atoms with E-state index in [-0.39, 0.29) is 28.8 Å². The van der Waals surface area contributed by atoms with E-state index in [1.54, 1.807) is 36.4 Å². The van der Waals surface area contributed by atoms with Crippen molar-refractivity contribution < 1.29 is 14.9 Å². The molecule has 0 amide bonds. The second kappa shape index (κ2) is 7.81. The standard InChI is InChI=1S/C24H28N4O3/c1-23(2)13-17(14-24(3,4)28-23)31-22-8-6-19(26-27-22)18-11-15(5-7-20(18)29)16-9-10-25-21(30)12-16/h5-12,17,28-29H,13-14H2,1-4H3,(H,25,30). The molecule has 1 fully saturated rings. The number of phenols is 1. The van der Waals surface area contributed by atoms with Crippen LogP contribution < -0.4 is 10.1 Å². The van der Waals surface area contributed by atoms with Crippen molar-refractivity contribution in [3.63, 3.8) is 0 Å². The molecule has 1 aromatic carbocycles. The minimum Gasteiger partial charge on any atom is -0.507 e. The summed E-state index contributed by atoms with van der Waals surface area (Å²) < 4.78 is 6.14. The zero-order chi connectivity index (χ0) is 22.2. The smallest absolute Gasteiger partial charge is 0.233 e. The van der Waals surface area contributed by atoms with Crippen LogP contribution in [0.2, 0.25) is 0 Å². The van der Waals surface area contributed by atoms with Crippen LogP contribution in [0, 0.1) is 0 Å². The predicted molar refractivity (Wildman–Crippen MR) is 119 cm³/mol. The summed E-state index contributed by atoms with van der Waals surface area (Å²) >= 11 is 0. The van der Waals surface area contributed by atoms with Gasteiger partial charge in [0.05, 0.1) is 5.69 Å². The molecule has 0 bridgehead atoms. The number of nitrogens with zero attached hydrogens (tertiary/aromatic N) is 3. The van der Waals surface area contributed by atoms with E-state index < -0.39 is 0 Å². The van der Waals surface area contributed by atoms with E-state index in [4.69, 9.17) is 4.74 Å². The number of benzene rings is 1. The summed E-state index contributed by atoms with van der Waals surface area (Å²) in [6, 6.07) is 12.1. The van der Waals surface area contributed by atoms with Gasteiger partial charge < -0.3 is 20.3 Å². The number of hydrogen-bond acceptors (Lipinski definition) is 7. The number of hydrogen-bond donors (Lipinski definition) is 3. The first-order valence-corrected chi connectivity index (χ1v) is 10.4. The molecule has 162 valence electrons. The van der Waals surface area contributed by atoms with Crippen molar-refractivity contribution in [1.82, 2.24) is 20.5 Å². The fourth-order valence-corrected chi connectivity index (χ4v) is 4.53. The average molecular weight is 421 g/mol. The number of nitrogens with one attached hydrogen (secondary N) is 1. The third kappa shape index (κ3) is 4.94. The SMILES string of the molecule is CC1(C)CC(Oc2ccc(-c3cc(-c4ccnc(O)c4)ccc3O)nn2)CC(C)(C)N1. The van der Waals surface area contributed by atoms with Gasteiger partial charge in [-0.2, -0.15) is 0 Å². The zero-order valence-corrected chi connectivity index (χ0v) is 18.3. The van der Waals surface area contributed by atoms with Gasteiger partial charge in [-0.15, -0.1) is 10.2 Å². The van der Waals surface area contributed by atoms with Crippen LogP contribution in [0.3, 0.4) is 0 Å². The first-order chi connectivity index (χ1) is 14.6. The Kier molecular flexibility index (Phi) is 5.31. The van der Waals surface area contributed by atoms with Crippen LogP contribution in [-0.2, 0) is 0 Å². The van der Waals surface area contributed by atoms with E-state index in [9.17, 15) is 10.2 Å². The maximum atomic E-state index is 10.4. The van der Waals surface area contributed by atoms with Gasteiger partial charge in [-0.25, -0.2) is 4.98 Å². The van der Waals surface area contributed by atoms with Gasteiger partial charge in [0, 0.05) is 47.8 Å². The van der Waals surface area contributed by atoms with Crippen LogP contribution in [0.25, 0.3) is 22.4 Å². The second-order valence-electron chi connectivity index (χ2n) is 9.43. The summed E-state index contributed by atoms with van der Waals surface area (Å²) in [5, 5.41) is 32.2. The van der Waals surface area contributed by atoms with Crippen molar-refractivity contribution >= 4 is 0 Å². The lowest BCUT2D eigenvalue weighted by molar-refractivity contribution is 0.0524. The molecule has 7 nitrogen and oxygen atoms in total. The molecule has 1 aliphatic rings. The van der Waals surface area contributed by atoms with Crippen LogP contribution >= 0.6 is 0 Å². The van der Waals surface area contributed by atoms with Crippen LogP contribution in [0.15, 0.2) is 48.7 Å². The monoisotopic (exact) mass is 420 g/mol. The molecule has 2 aromatic heterocycles. The summed E-state index contributed by atoms with van der Waals surface area (Å²) in [6.45, 7) is 8.71. The number of phenolic OH excluding ortho intramolecular Hbond substituents is 1. The van der Waals surface area contributed by atoms with Crippen LogP contribution in [-0.4, -0.2) is 42.6 Å². The van der Waals surface area contributed by atoms with Crippen molar-refractivity contribution in [3.8, 4) is 39.9 Å². The van der Waals surface area contributed by atoms with Gasteiger partial charge in [0.15, 0.2) is 0 Å². The molecule has 3 heterocycles. The Hall–Kier alpha value is -3.19. The lowest BCUT2D eigenvalue weighted by Gasteiger charge is -2.46. The lowest BCUT2D eigenvalue weighted by atomic mass is 9.81. The topological polar surface area (TPSA) is 100 Å². The van der Waals surface area contributed by atoms with E-state index >= 15 is 0 Å². The summed E-state index contributed by atoms with van der Waals surface area (Å²) in [4.78, 5) is 3.80. The predicted octanol–water partition coefficient (Wildman–Crippen LogP) is 4.30. The molecule has 31 heavy (non-hydrogen) atoms. The molecule has 0 aliphatic carbocycles. The maximum absolute atomic E-state index is 10.4. The Bertz CT molecular complexity index is 1060. The number of pyridine rings is 1. The van der Waals surface area contributed by atoms with Gasteiger partial charge >= 0.3 is 0 Å². The fraction of sp³-hybridized carbons (Fsp3) is 0.375. The van der Waals surface area contributed by atoms with Gasteiger partial charge in [-0.05, 0) is 63.1 Å². The number of rotatable bonds is 4. The van der Waals surface area contributed by atoms with Gasteiger partial charge in [0.25, 0.3) is 0 Å². The first-order valence-electron chi connectivity index (χ1n) is 10.4. The van der Waals surface area contributed by atoms with Crippen molar-refractivity contribution in [2.75, 3.05) is 0 Å². The average Bonchev–Trinajstić information content (AvgIpc) is 2.67. The minimum atomic E-state index is -0.0577. The molecule has 4 rings (SSSR count). The molecule has 7 heteroatoms. The van der Waals surface area contributed by atoms with Crippen molar-refractivity contribution in [2.45, 2.75) is 57.7 Å². The molecule has 1 aliphatic heterocycles. The van der Waals surface area contributed by atoms with E-state index in [0.29, 0.717) is 17.1 Å². The molecule has 0 unspecified atom stereocenters. The molecule has 3 N–H and O–H groups in total. The van der Waals surface area contributed by atoms with Crippen molar-refractivity contribution in [3.05, 3.63) is 48.7 Å². The number of aromatic nitrogens is 3. The largest absolute Gasteiger partial charge is 0.507 e. The summed E-state index contributed by atoms with van der Waals surface area (Å²) in [5.74, 6) is 0.515. The molecular formula is C24H28N4O3. The summed E-state index contributed by atoms with van der Waals surface area (Å²) in [7, 11) is 0. The van der Waals surface area contributed by atoms with E-state index in [0.717, 1.165) is 24.0 Å². The quantitative estimate of drug-likeness (QED) is 0.578. The van der Waals surface area contributed by atoms with E-state index in [1.807, 2.05) is 6.07 Å². The highest BCUT2D eigenvalue weighted by molar-refractivity contribution is 5.75. The number of piperidine rings is 1. The normalized spacial score (nSPS) is 17.9. The Balaban J connectivity index is 1.55. The Labute approximate surface area is 182 Å². The molecule has 0 radical (unpaired) electrons. The van der Waals surface area contributed by atoms with Crippen LogP contribution in [0.4, 0.5) is 0 Å². The number of aromatic hydroxyl groups is 2. The number of ether oxygens (including phenoxy) is 1. The van der Waals surface area contributed by atoms with Crippen LogP contribution in [0.5, 0.6) is 17.5 Å². The molecule has 0 saturated carbocycles. The minimum absolute atomic E-state index is 0.0204. The molecule has 1 saturated heterocycles. The molecule has 3 aromatic rings. The van der Waals surface area contributed by atoms with Gasteiger partial charge in [0.2, 0.25) is 11.8 Å². The Morgan fingerprint density at radius 3 is 2.26 bits per heavy atom. The Morgan fingerprint density at radius 1 is 0.903 bits per heavy atom. The van der Waals surface area contributed by atoms with E-state index in [2.05, 4.69) is 48.2 Å². The summed E-state index contributed by atoms with van der Waals surface area (Å²) in [6.07, 6.45) is 3.33. The van der Waals surface area contributed by atoms with Gasteiger partial charge in [0.1, 0.15) is 11.9 Å². The zero-order valence-electron chi connectivity index (χ0n) is 18.3. The summed E-state index contributed by atoms with van der Waals surface area (Å²) in [5.41, 5.74) is 2.67. The highest BCUT2D eigenvalue weighted by atomic mass is 16.5. The fourth-order valence-electron chi connectivity index (χ4n) is 4.53. The lowest BCUT2D eigenvalue weighted by Crippen LogP contribution is -2.60. The Morgan fingerprint density at radius 2 is 1.61 bits per heavy atom. The van der Waals surface area contributed by atoms with Crippen molar-refractivity contribution in [2.24, 2.45) is 0 Å². The van der Waals surface area contributed by atoms with E-state index in [1.165, 1.54) is 6.20 Å². The third-order valence-corrected chi connectivity index (χ3v) is 5.43. The molecule has 0 spiro atoms. The highest BCUT2D eigenvalue weighted by Gasteiger charge is 2.38. The highest BCUT2D eigenvalue weighted by Crippen LogP contribution is 2.34.